The Hall–Kier alpha value is -1.16. The molecule has 0 saturated heterocycles. The zero-order chi connectivity index (χ0) is 10.7. The summed E-state index contributed by atoms with van der Waals surface area (Å²) in [7, 11) is 0. The summed E-state index contributed by atoms with van der Waals surface area (Å²) in [5, 5.41) is 2.67. The minimum atomic E-state index is -0.178. The number of halogens is 1. The van der Waals surface area contributed by atoms with Gasteiger partial charge in [0.15, 0.2) is 0 Å². The van der Waals surface area contributed by atoms with E-state index in [4.69, 9.17) is 11.6 Å². The normalized spacial score (nSPS) is 15.0. The minimum Gasteiger partial charge on any atom is -0.349 e. The summed E-state index contributed by atoms with van der Waals surface area (Å²) in [4.78, 5) is 19.5. The molecule has 4 nitrogen and oxygen atoms in total. The van der Waals surface area contributed by atoms with Crippen molar-refractivity contribution in [3.05, 3.63) is 23.8 Å². The number of hydrogen-bond acceptors (Lipinski definition) is 3. The first-order chi connectivity index (χ1) is 7.29. The van der Waals surface area contributed by atoms with Crippen molar-refractivity contribution < 1.29 is 4.79 Å². The van der Waals surface area contributed by atoms with Crippen molar-refractivity contribution in [2.24, 2.45) is 0 Å². The van der Waals surface area contributed by atoms with Crippen LogP contribution in [0, 0.1) is 0 Å². The Morgan fingerprint density at radius 2 is 2.40 bits per heavy atom. The van der Waals surface area contributed by atoms with Gasteiger partial charge < -0.3 is 5.32 Å². The maximum absolute atomic E-state index is 10.9. The second-order valence-electron chi connectivity index (χ2n) is 3.59. The summed E-state index contributed by atoms with van der Waals surface area (Å²) in [5.74, 6) is 1.24. The van der Waals surface area contributed by atoms with Crippen molar-refractivity contribution in [3.63, 3.8) is 0 Å². The monoisotopic (exact) mass is 225 g/mol. The summed E-state index contributed by atoms with van der Waals surface area (Å²) in [6.45, 7) is 0.424. The second kappa shape index (κ2) is 4.57. The molecule has 1 aromatic heterocycles. The van der Waals surface area contributed by atoms with Crippen LogP contribution in [0.2, 0.25) is 0 Å². The van der Waals surface area contributed by atoms with Gasteiger partial charge in [0.05, 0.1) is 12.2 Å². The largest absolute Gasteiger partial charge is 0.349 e. The Bertz CT molecular complexity index is 365. The van der Waals surface area contributed by atoms with Crippen LogP contribution in [0.4, 0.5) is 0 Å². The van der Waals surface area contributed by atoms with E-state index in [9.17, 15) is 4.79 Å². The molecule has 0 unspecified atom stereocenters. The van der Waals surface area contributed by atoms with Crippen LogP contribution in [0.15, 0.2) is 12.3 Å². The van der Waals surface area contributed by atoms with E-state index in [1.54, 1.807) is 12.3 Å². The van der Waals surface area contributed by atoms with Gasteiger partial charge in [-0.25, -0.2) is 9.97 Å². The molecule has 1 heterocycles. The summed E-state index contributed by atoms with van der Waals surface area (Å²) in [6.07, 6.45) is 4.10. The van der Waals surface area contributed by atoms with Gasteiger partial charge in [-0.05, 0) is 18.9 Å². The summed E-state index contributed by atoms with van der Waals surface area (Å²) >= 11 is 5.37. The Balaban J connectivity index is 1.95. The fraction of sp³-hybridized carbons (Fsp3) is 0.500. The number of rotatable bonds is 4. The average molecular weight is 226 g/mol. The van der Waals surface area contributed by atoms with Gasteiger partial charge in [-0.3, -0.25) is 4.79 Å². The molecule has 80 valence electrons. The SMILES string of the molecule is O=C(CCl)NCc1ccnc(C2CC2)n1. The number of amides is 1. The lowest BCUT2D eigenvalue weighted by Gasteiger charge is -2.03. The lowest BCUT2D eigenvalue weighted by molar-refractivity contribution is -0.118. The second-order valence-corrected chi connectivity index (χ2v) is 3.86. The van der Waals surface area contributed by atoms with Gasteiger partial charge in [-0.15, -0.1) is 11.6 Å². The number of nitrogens with one attached hydrogen (secondary N) is 1. The van der Waals surface area contributed by atoms with E-state index >= 15 is 0 Å². The highest BCUT2D eigenvalue weighted by Crippen LogP contribution is 2.37. The molecule has 1 aromatic rings. The zero-order valence-electron chi connectivity index (χ0n) is 8.24. The van der Waals surface area contributed by atoms with E-state index < -0.39 is 0 Å². The van der Waals surface area contributed by atoms with Crippen molar-refractivity contribution in [1.29, 1.82) is 0 Å². The third-order valence-corrected chi connectivity index (χ3v) is 2.51. The number of alkyl halides is 1. The van der Waals surface area contributed by atoms with Gasteiger partial charge in [0, 0.05) is 12.1 Å². The highest BCUT2D eigenvalue weighted by molar-refractivity contribution is 6.27. The molecule has 0 aliphatic heterocycles. The predicted octanol–water partition coefficient (Wildman–Crippen LogP) is 1.21. The first kappa shape index (κ1) is 10.4. The van der Waals surface area contributed by atoms with Crippen molar-refractivity contribution >= 4 is 17.5 Å². The van der Waals surface area contributed by atoms with Crippen LogP contribution in [0.1, 0.15) is 30.3 Å². The first-order valence-electron chi connectivity index (χ1n) is 4.94. The summed E-state index contributed by atoms with van der Waals surface area (Å²) in [6, 6.07) is 1.81. The van der Waals surface area contributed by atoms with E-state index in [0.717, 1.165) is 11.5 Å². The molecule has 2 rings (SSSR count). The smallest absolute Gasteiger partial charge is 0.235 e. The molecule has 5 heteroatoms. The van der Waals surface area contributed by atoms with Gasteiger partial charge in [0.1, 0.15) is 11.7 Å². The minimum absolute atomic E-state index is 0.0133. The lowest BCUT2D eigenvalue weighted by atomic mass is 10.3. The molecule has 1 saturated carbocycles. The zero-order valence-corrected chi connectivity index (χ0v) is 9.00. The van der Waals surface area contributed by atoms with Crippen LogP contribution in [0.3, 0.4) is 0 Å². The van der Waals surface area contributed by atoms with E-state index in [1.807, 2.05) is 0 Å². The molecule has 1 fully saturated rings. The molecule has 0 bridgehead atoms. The van der Waals surface area contributed by atoms with E-state index in [2.05, 4.69) is 15.3 Å². The fourth-order valence-electron chi connectivity index (χ4n) is 1.29. The molecular weight excluding hydrogens is 214 g/mol. The summed E-state index contributed by atoms with van der Waals surface area (Å²) < 4.78 is 0. The highest BCUT2D eigenvalue weighted by atomic mass is 35.5. The van der Waals surface area contributed by atoms with Crippen LogP contribution in [0.5, 0.6) is 0 Å². The maximum atomic E-state index is 10.9. The van der Waals surface area contributed by atoms with Crippen molar-refractivity contribution in [2.75, 3.05) is 5.88 Å². The van der Waals surface area contributed by atoms with E-state index in [-0.39, 0.29) is 11.8 Å². The standard InChI is InChI=1S/C10H12ClN3O/c11-5-9(15)13-6-8-3-4-12-10(14-8)7-1-2-7/h3-4,7H,1-2,5-6H2,(H,13,15). The molecule has 1 amide bonds. The van der Waals surface area contributed by atoms with Gasteiger partial charge in [0.25, 0.3) is 0 Å². The van der Waals surface area contributed by atoms with Crippen LogP contribution in [-0.4, -0.2) is 21.8 Å². The Labute approximate surface area is 93.1 Å². The van der Waals surface area contributed by atoms with Crippen molar-refractivity contribution in [1.82, 2.24) is 15.3 Å². The third kappa shape index (κ3) is 2.89. The third-order valence-electron chi connectivity index (χ3n) is 2.26. The molecule has 0 aromatic carbocycles. The molecule has 1 aliphatic rings. The van der Waals surface area contributed by atoms with E-state index in [1.165, 1.54) is 12.8 Å². The molecular formula is C10H12ClN3O. The molecule has 0 atom stereocenters. The number of carbonyl (C=O) groups excluding carboxylic acids is 1. The molecule has 0 spiro atoms. The van der Waals surface area contributed by atoms with Crippen molar-refractivity contribution in [3.8, 4) is 0 Å². The topological polar surface area (TPSA) is 54.9 Å². The number of hydrogen-bond donors (Lipinski definition) is 1. The van der Waals surface area contributed by atoms with Gasteiger partial charge in [0.2, 0.25) is 5.91 Å². The lowest BCUT2D eigenvalue weighted by Crippen LogP contribution is -2.24. The number of aromatic nitrogens is 2. The average Bonchev–Trinajstić information content (AvgIpc) is 3.10. The Morgan fingerprint density at radius 3 is 3.07 bits per heavy atom. The van der Waals surface area contributed by atoms with Crippen LogP contribution in [0.25, 0.3) is 0 Å². The molecule has 15 heavy (non-hydrogen) atoms. The van der Waals surface area contributed by atoms with Crippen LogP contribution in [-0.2, 0) is 11.3 Å². The number of nitrogens with zero attached hydrogens (tertiary/aromatic N) is 2. The van der Waals surface area contributed by atoms with Gasteiger partial charge in [-0.1, -0.05) is 0 Å². The Morgan fingerprint density at radius 1 is 1.60 bits per heavy atom. The fourth-order valence-corrected chi connectivity index (χ4v) is 1.38. The number of carbonyl (C=O) groups is 1. The van der Waals surface area contributed by atoms with Gasteiger partial charge >= 0.3 is 0 Å². The Kier molecular flexibility index (Phi) is 3.16. The van der Waals surface area contributed by atoms with Crippen molar-refractivity contribution in [2.45, 2.75) is 25.3 Å². The predicted molar refractivity (Wildman–Crippen MR) is 56.6 cm³/mol. The summed E-state index contributed by atoms with van der Waals surface area (Å²) in [5.41, 5.74) is 0.838. The quantitative estimate of drug-likeness (QED) is 0.784. The van der Waals surface area contributed by atoms with Crippen LogP contribution >= 0.6 is 11.6 Å². The molecule has 0 radical (unpaired) electrons. The molecule has 1 N–H and O–H groups in total. The van der Waals surface area contributed by atoms with E-state index in [0.29, 0.717) is 12.5 Å². The van der Waals surface area contributed by atoms with Crippen LogP contribution < -0.4 is 5.32 Å². The maximum Gasteiger partial charge on any atom is 0.235 e. The highest BCUT2D eigenvalue weighted by Gasteiger charge is 2.26. The molecule has 1 aliphatic carbocycles. The van der Waals surface area contributed by atoms with Gasteiger partial charge in [-0.2, -0.15) is 0 Å². The first-order valence-corrected chi connectivity index (χ1v) is 5.47.